The lowest BCUT2D eigenvalue weighted by atomic mass is 10.1. The van der Waals surface area contributed by atoms with Gasteiger partial charge in [0.05, 0.1) is 10.6 Å². The van der Waals surface area contributed by atoms with Gasteiger partial charge >= 0.3 is 0 Å². The number of anilines is 1. The fourth-order valence-corrected chi connectivity index (χ4v) is 3.65. The van der Waals surface area contributed by atoms with E-state index in [0.717, 1.165) is 11.3 Å². The maximum absolute atomic E-state index is 12.7. The Hall–Kier alpha value is -3.76. The number of terminal acetylenes is 1. The fourth-order valence-electron chi connectivity index (χ4n) is 2.99. The van der Waals surface area contributed by atoms with Gasteiger partial charge in [-0.25, -0.2) is 9.97 Å². The number of amides is 1. The van der Waals surface area contributed by atoms with Crippen molar-refractivity contribution in [1.82, 2.24) is 14.4 Å². The van der Waals surface area contributed by atoms with Crippen LogP contribution in [0.5, 0.6) is 0 Å². The van der Waals surface area contributed by atoms with Crippen molar-refractivity contribution in [2.75, 3.05) is 5.32 Å². The van der Waals surface area contributed by atoms with Crippen LogP contribution >= 0.6 is 11.3 Å². The van der Waals surface area contributed by atoms with Crippen LogP contribution in [-0.2, 0) is 4.79 Å². The molecular weight excluding hydrogens is 384 g/mol. The number of nitrogens with one attached hydrogen (secondary N) is 1. The van der Waals surface area contributed by atoms with Crippen molar-refractivity contribution in [3.05, 3.63) is 70.9 Å². The van der Waals surface area contributed by atoms with Gasteiger partial charge in [-0.3, -0.25) is 14.0 Å². The van der Waals surface area contributed by atoms with Crippen LogP contribution in [0.1, 0.15) is 28.2 Å². The summed E-state index contributed by atoms with van der Waals surface area (Å²) in [5.74, 6) is 2.17. The minimum absolute atomic E-state index is 0.133. The zero-order valence-corrected chi connectivity index (χ0v) is 16.1. The Morgan fingerprint density at radius 1 is 1.17 bits per heavy atom. The number of aromatic nitrogens is 3. The number of rotatable bonds is 6. The van der Waals surface area contributed by atoms with Crippen molar-refractivity contribution in [2.45, 2.75) is 12.8 Å². The highest BCUT2D eigenvalue weighted by Gasteiger charge is 2.19. The highest BCUT2D eigenvalue weighted by molar-refractivity contribution is 7.12. The summed E-state index contributed by atoms with van der Waals surface area (Å²) in [6.45, 7) is 0. The first kappa shape index (κ1) is 18.6. The summed E-state index contributed by atoms with van der Waals surface area (Å²) in [5, 5.41) is 4.70. The van der Waals surface area contributed by atoms with E-state index in [1.807, 2.05) is 41.8 Å². The second kappa shape index (κ2) is 8.09. The Morgan fingerprint density at radius 3 is 2.86 bits per heavy atom. The molecule has 1 amide bonds. The van der Waals surface area contributed by atoms with Crippen LogP contribution < -0.4 is 5.32 Å². The molecule has 0 aliphatic heterocycles. The molecule has 3 aromatic heterocycles. The molecule has 0 aliphatic carbocycles. The standard InChI is InChI=1S/C22H16N4O2S/c1-2-3-9-19(27)25-16-7-4-6-15(13-16)17-10-11-23-22-20(24-14-26(17)22)21(28)18-8-5-12-29-18/h1,4-8,10-14H,3,9H2,(H,25,27). The van der Waals surface area contributed by atoms with Crippen molar-refractivity contribution in [1.29, 1.82) is 0 Å². The van der Waals surface area contributed by atoms with Crippen LogP contribution in [0, 0.1) is 12.3 Å². The molecule has 1 aromatic carbocycles. The summed E-state index contributed by atoms with van der Waals surface area (Å²) in [5.41, 5.74) is 3.15. The molecule has 142 valence electrons. The number of benzene rings is 1. The van der Waals surface area contributed by atoms with Gasteiger partial charge in [0.25, 0.3) is 0 Å². The van der Waals surface area contributed by atoms with Gasteiger partial charge in [-0.1, -0.05) is 18.2 Å². The van der Waals surface area contributed by atoms with Gasteiger partial charge in [0.2, 0.25) is 11.7 Å². The third-order valence-electron chi connectivity index (χ3n) is 4.33. The number of hydrogen-bond donors (Lipinski definition) is 1. The predicted octanol–water partition coefficient (Wildman–Crippen LogP) is 4.04. The van der Waals surface area contributed by atoms with Crippen LogP contribution in [0.4, 0.5) is 5.69 Å². The van der Waals surface area contributed by atoms with Crippen molar-refractivity contribution in [3.8, 4) is 23.6 Å². The van der Waals surface area contributed by atoms with Crippen molar-refractivity contribution in [3.63, 3.8) is 0 Å². The predicted molar refractivity (Wildman–Crippen MR) is 113 cm³/mol. The van der Waals surface area contributed by atoms with E-state index in [1.54, 1.807) is 23.0 Å². The Balaban J connectivity index is 1.69. The number of hydrogen-bond acceptors (Lipinski definition) is 5. The third-order valence-corrected chi connectivity index (χ3v) is 5.20. The first-order valence-electron chi connectivity index (χ1n) is 8.91. The monoisotopic (exact) mass is 400 g/mol. The van der Waals surface area contributed by atoms with Gasteiger partial charge in [0.1, 0.15) is 6.33 Å². The lowest BCUT2D eigenvalue weighted by molar-refractivity contribution is -0.116. The number of ketones is 1. The number of fused-ring (bicyclic) bond motifs is 1. The van der Waals surface area contributed by atoms with Crippen molar-refractivity contribution >= 4 is 34.4 Å². The van der Waals surface area contributed by atoms with Crippen molar-refractivity contribution < 1.29 is 9.59 Å². The van der Waals surface area contributed by atoms with Crippen LogP contribution in [0.15, 0.2) is 60.4 Å². The molecular formula is C22H16N4O2S. The lowest BCUT2D eigenvalue weighted by Gasteiger charge is -2.09. The zero-order valence-electron chi connectivity index (χ0n) is 15.3. The highest BCUT2D eigenvalue weighted by atomic mass is 32.1. The smallest absolute Gasteiger partial charge is 0.225 e. The molecule has 0 unspecified atom stereocenters. The van der Waals surface area contributed by atoms with Crippen LogP contribution in [-0.4, -0.2) is 26.1 Å². The molecule has 4 rings (SSSR count). The quantitative estimate of drug-likeness (QED) is 0.391. The normalized spacial score (nSPS) is 10.6. The molecule has 3 heterocycles. The number of nitrogens with zero attached hydrogens (tertiary/aromatic N) is 3. The van der Waals surface area contributed by atoms with E-state index in [0.29, 0.717) is 28.3 Å². The summed E-state index contributed by atoms with van der Waals surface area (Å²) in [7, 11) is 0. The zero-order chi connectivity index (χ0) is 20.2. The second-order valence-corrected chi connectivity index (χ2v) is 7.20. The molecule has 6 nitrogen and oxygen atoms in total. The summed E-state index contributed by atoms with van der Waals surface area (Å²) < 4.78 is 1.78. The number of thiophene rings is 1. The Kier molecular flexibility index (Phi) is 5.18. The van der Waals surface area contributed by atoms with E-state index < -0.39 is 0 Å². The summed E-state index contributed by atoms with van der Waals surface area (Å²) >= 11 is 1.37. The van der Waals surface area contributed by atoms with Crippen LogP contribution in [0.25, 0.3) is 16.9 Å². The van der Waals surface area contributed by atoms with Gasteiger partial charge < -0.3 is 5.32 Å². The molecule has 1 N–H and O–H groups in total. The minimum atomic E-state index is -0.151. The summed E-state index contributed by atoms with van der Waals surface area (Å²) in [6.07, 6.45) is 9.12. The van der Waals surface area contributed by atoms with E-state index in [1.165, 1.54) is 11.3 Å². The van der Waals surface area contributed by atoms with Crippen molar-refractivity contribution in [2.24, 2.45) is 0 Å². The SMILES string of the molecule is C#CCCC(=O)Nc1cccc(-c2ccnc3c(C(=O)c4cccs4)ncn23)c1. The molecule has 0 aliphatic rings. The second-order valence-electron chi connectivity index (χ2n) is 6.26. The van der Waals surface area contributed by atoms with E-state index in [4.69, 9.17) is 6.42 Å². The molecule has 0 atom stereocenters. The minimum Gasteiger partial charge on any atom is -0.326 e. The van der Waals surface area contributed by atoms with E-state index in [2.05, 4.69) is 21.2 Å². The molecule has 0 spiro atoms. The molecule has 4 aromatic rings. The Bertz CT molecular complexity index is 1240. The Morgan fingerprint density at radius 2 is 2.07 bits per heavy atom. The van der Waals surface area contributed by atoms with Gasteiger partial charge in [0, 0.05) is 30.3 Å². The van der Waals surface area contributed by atoms with Crippen LogP contribution in [0.3, 0.4) is 0 Å². The fraction of sp³-hybridized carbons (Fsp3) is 0.0909. The topological polar surface area (TPSA) is 76.4 Å². The first-order chi connectivity index (χ1) is 14.2. The lowest BCUT2D eigenvalue weighted by Crippen LogP contribution is -2.10. The van der Waals surface area contributed by atoms with E-state index >= 15 is 0 Å². The number of carbonyl (C=O) groups is 2. The molecule has 7 heteroatoms. The Labute approximate surface area is 171 Å². The molecule has 0 saturated heterocycles. The first-order valence-corrected chi connectivity index (χ1v) is 9.79. The maximum atomic E-state index is 12.7. The van der Waals surface area contributed by atoms with Crippen LogP contribution in [0.2, 0.25) is 0 Å². The average Bonchev–Trinajstić information content (AvgIpc) is 3.42. The molecule has 0 saturated carbocycles. The molecule has 0 radical (unpaired) electrons. The summed E-state index contributed by atoms with van der Waals surface area (Å²) in [6, 6.07) is 12.9. The molecule has 29 heavy (non-hydrogen) atoms. The highest BCUT2D eigenvalue weighted by Crippen LogP contribution is 2.25. The number of carbonyl (C=O) groups excluding carboxylic acids is 2. The van der Waals surface area contributed by atoms with Gasteiger partial charge in [-0.2, -0.15) is 0 Å². The average molecular weight is 400 g/mol. The molecule has 0 bridgehead atoms. The van der Waals surface area contributed by atoms with Gasteiger partial charge in [-0.15, -0.1) is 23.7 Å². The van der Waals surface area contributed by atoms with Gasteiger partial charge in [-0.05, 0) is 29.6 Å². The van der Waals surface area contributed by atoms with E-state index in [-0.39, 0.29) is 18.1 Å². The third kappa shape index (κ3) is 3.79. The van der Waals surface area contributed by atoms with E-state index in [9.17, 15) is 9.59 Å². The van der Waals surface area contributed by atoms with Gasteiger partial charge in [0.15, 0.2) is 11.3 Å². The summed E-state index contributed by atoms with van der Waals surface area (Å²) in [4.78, 5) is 34.0. The maximum Gasteiger partial charge on any atom is 0.225 e. The number of imidazole rings is 1. The molecule has 0 fully saturated rings. The largest absolute Gasteiger partial charge is 0.326 e.